The summed E-state index contributed by atoms with van der Waals surface area (Å²) >= 11 is 9.59. The number of halogens is 2. The van der Waals surface area contributed by atoms with Gasteiger partial charge in [-0.25, -0.2) is 0 Å². The molecule has 1 rings (SSSR count). The van der Waals surface area contributed by atoms with Crippen LogP contribution < -0.4 is 4.74 Å². The van der Waals surface area contributed by atoms with Crippen molar-refractivity contribution in [3.63, 3.8) is 0 Å². The Kier molecular flexibility index (Phi) is 6.98. The van der Waals surface area contributed by atoms with E-state index in [1.54, 1.807) is 7.11 Å². The van der Waals surface area contributed by atoms with Crippen LogP contribution in [0.15, 0.2) is 12.1 Å². The number of aryl methyl sites for hydroxylation is 2. The molecule has 0 spiro atoms. The highest BCUT2D eigenvalue weighted by molar-refractivity contribution is 9.09. The van der Waals surface area contributed by atoms with Gasteiger partial charge < -0.3 is 4.74 Å². The highest BCUT2D eigenvalue weighted by Crippen LogP contribution is 2.27. The van der Waals surface area contributed by atoms with Crippen molar-refractivity contribution in [3.8, 4) is 5.75 Å². The average Bonchev–Trinajstić information content (AvgIpc) is 2.33. The number of rotatable bonds is 7. The Bertz CT molecular complexity index is 352. The third kappa shape index (κ3) is 4.89. The fraction of sp³-hybridized carbons (Fsp3) is 0.571. The lowest BCUT2D eigenvalue weighted by atomic mass is 10.0. The van der Waals surface area contributed by atoms with Gasteiger partial charge in [-0.3, -0.25) is 0 Å². The standard InChI is InChI=1S/C14H20BrClO/c1-11-9-14(17-2)12(10-13(11)16)7-5-3-4-6-8-15/h9-10H,3-8H2,1-2H3. The molecule has 0 unspecified atom stereocenters. The number of alkyl halides is 1. The first-order valence-corrected chi connectivity index (χ1v) is 7.58. The number of unbranched alkanes of at least 4 members (excludes halogenated alkanes) is 3. The predicted molar refractivity (Wildman–Crippen MR) is 78.7 cm³/mol. The van der Waals surface area contributed by atoms with Gasteiger partial charge in [-0.05, 0) is 49.4 Å². The van der Waals surface area contributed by atoms with E-state index in [4.69, 9.17) is 16.3 Å². The van der Waals surface area contributed by atoms with Crippen LogP contribution in [-0.2, 0) is 6.42 Å². The van der Waals surface area contributed by atoms with Crippen LogP contribution in [0.2, 0.25) is 5.02 Å². The smallest absolute Gasteiger partial charge is 0.122 e. The molecule has 3 heteroatoms. The molecule has 0 saturated carbocycles. The molecule has 0 aliphatic rings. The van der Waals surface area contributed by atoms with Crippen molar-refractivity contribution in [1.82, 2.24) is 0 Å². The molecular weight excluding hydrogens is 300 g/mol. The molecule has 1 aromatic carbocycles. The van der Waals surface area contributed by atoms with Crippen molar-refractivity contribution in [2.75, 3.05) is 12.4 Å². The largest absolute Gasteiger partial charge is 0.496 e. The van der Waals surface area contributed by atoms with Gasteiger partial charge in [0.05, 0.1) is 7.11 Å². The lowest BCUT2D eigenvalue weighted by Crippen LogP contribution is -1.94. The number of hydrogen-bond donors (Lipinski definition) is 0. The normalized spacial score (nSPS) is 10.6. The van der Waals surface area contributed by atoms with Crippen LogP contribution in [0.3, 0.4) is 0 Å². The van der Waals surface area contributed by atoms with Crippen molar-refractivity contribution in [2.24, 2.45) is 0 Å². The zero-order chi connectivity index (χ0) is 12.7. The van der Waals surface area contributed by atoms with Crippen LogP contribution in [0.25, 0.3) is 0 Å². The summed E-state index contributed by atoms with van der Waals surface area (Å²) in [4.78, 5) is 0. The second kappa shape index (κ2) is 7.99. The van der Waals surface area contributed by atoms with E-state index in [0.717, 1.165) is 28.1 Å². The maximum atomic E-state index is 6.14. The molecule has 1 aromatic rings. The molecule has 0 N–H and O–H groups in total. The summed E-state index contributed by atoms with van der Waals surface area (Å²) in [7, 11) is 1.72. The van der Waals surface area contributed by atoms with E-state index >= 15 is 0 Å². The van der Waals surface area contributed by atoms with Crippen LogP contribution >= 0.6 is 27.5 Å². The summed E-state index contributed by atoms with van der Waals surface area (Å²) in [5.74, 6) is 0.965. The average molecular weight is 320 g/mol. The highest BCUT2D eigenvalue weighted by Gasteiger charge is 2.06. The minimum Gasteiger partial charge on any atom is -0.496 e. The fourth-order valence-electron chi connectivity index (χ4n) is 1.85. The molecule has 0 aliphatic heterocycles. The molecule has 0 bridgehead atoms. The lowest BCUT2D eigenvalue weighted by Gasteiger charge is -2.10. The van der Waals surface area contributed by atoms with Crippen molar-refractivity contribution in [2.45, 2.75) is 39.0 Å². The minimum absolute atomic E-state index is 0.834. The van der Waals surface area contributed by atoms with Crippen LogP contribution in [0, 0.1) is 6.92 Å². The molecule has 0 saturated heterocycles. The van der Waals surface area contributed by atoms with Gasteiger partial charge in [0.2, 0.25) is 0 Å². The Morgan fingerprint density at radius 1 is 1.18 bits per heavy atom. The first kappa shape index (κ1) is 14.8. The predicted octanol–water partition coefficient (Wildman–Crippen LogP) is 5.15. The van der Waals surface area contributed by atoms with E-state index in [9.17, 15) is 0 Å². The van der Waals surface area contributed by atoms with Crippen molar-refractivity contribution in [3.05, 3.63) is 28.3 Å². The lowest BCUT2D eigenvalue weighted by molar-refractivity contribution is 0.408. The molecule has 0 radical (unpaired) electrons. The third-order valence-corrected chi connectivity index (χ3v) is 3.86. The Labute approximate surface area is 118 Å². The van der Waals surface area contributed by atoms with Crippen molar-refractivity contribution >= 4 is 27.5 Å². The molecule has 0 aliphatic carbocycles. The zero-order valence-corrected chi connectivity index (χ0v) is 12.9. The van der Waals surface area contributed by atoms with Gasteiger partial charge in [0.1, 0.15) is 5.75 Å². The summed E-state index contributed by atoms with van der Waals surface area (Å²) in [5.41, 5.74) is 2.30. The summed E-state index contributed by atoms with van der Waals surface area (Å²) < 4.78 is 5.39. The molecule has 0 atom stereocenters. The van der Waals surface area contributed by atoms with E-state index in [1.807, 2.05) is 19.1 Å². The summed E-state index contributed by atoms with van der Waals surface area (Å²) in [6.45, 7) is 2.00. The van der Waals surface area contributed by atoms with Crippen LogP contribution in [0.4, 0.5) is 0 Å². The zero-order valence-electron chi connectivity index (χ0n) is 10.6. The Hall–Kier alpha value is -0.210. The van der Waals surface area contributed by atoms with Crippen molar-refractivity contribution in [1.29, 1.82) is 0 Å². The topological polar surface area (TPSA) is 9.23 Å². The van der Waals surface area contributed by atoms with E-state index in [2.05, 4.69) is 15.9 Å². The van der Waals surface area contributed by atoms with Crippen LogP contribution in [0.5, 0.6) is 5.75 Å². The summed E-state index contributed by atoms with van der Waals surface area (Å²) in [6.07, 6.45) is 6.05. The van der Waals surface area contributed by atoms with Crippen molar-refractivity contribution < 1.29 is 4.74 Å². The summed E-state index contributed by atoms with van der Waals surface area (Å²) in [5, 5.41) is 1.94. The molecular formula is C14H20BrClO. The van der Waals surface area contributed by atoms with Gasteiger partial charge in [0.25, 0.3) is 0 Å². The first-order chi connectivity index (χ1) is 8.19. The van der Waals surface area contributed by atoms with Gasteiger partial charge in [0, 0.05) is 10.4 Å². The van der Waals surface area contributed by atoms with E-state index in [1.165, 1.54) is 31.2 Å². The monoisotopic (exact) mass is 318 g/mol. The fourth-order valence-corrected chi connectivity index (χ4v) is 2.43. The molecule has 1 nitrogen and oxygen atoms in total. The first-order valence-electron chi connectivity index (χ1n) is 6.08. The number of benzene rings is 1. The maximum absolute atomic E-state index is 6.14. The SMILES string of the molecule is COc1cc(C)c(Cl)cc1CCCCCCBr. The maximum Gasteiger partial charge on any atom is 0.122 e. The van der Waals surface area contributed by atoms with E-state index < -0.39 is 0 Å². The number of hydrogen-bond acceptors (Lipinski definition) is 1. The van der Waals surface area contributed by atoms with E-state index in [0.29, 0.717) is 0 Å². The number of methoxy groups -OCH3 is 1. The quantitative estimate of drug-likeness (QED) is 0.498. The second-order valence-electron chi connectivity index (χ2n) is 4.27. The molecule has 0 heterocycles. The van der Waals surface area contributed by atoms with Gasteiger partial charge in [-0.2, -0.15) is 0 Å². The van der Waals surface area contributed by atoms with Gasteiger partial charge >= 0.3 is 0 Å². The highest BCUT2D eigenvalue weighted by atomic mass is 79.9. The van der Waals surface area contributed by atoms with Gasteiger partial charge in [0.15, 0.2) is 0 Å². The third-order valence-electron chi connectivity index (χ3n) is 2.89. The Morgan fingerprint density at radius 3 is 2.53 bits per heavy atom. The molecule has 0 fully saturated rings. The van der Waals surface area contributed by atoms with Gasteiger partial charge in [-0.1, -0.05) is 40.4 Å². The van der Waals surface area contributed by atoms with Gasteiger partial charge in [-0.15, -0.1) is 0 Å². The molecule has 0 amide bonds. The molecule has 96 valence electrons. The van der Waals surface area contributed by atoms with Crippen LogP contribution in [-0.4, -0.2) is 12.4 Å². The number of ether oxygens (including phenoxy) is 1. The van der Waals surface area contributed by atoms with Crippen LogP contribution in [0.1, 0.15) is 36.8 Å². The molecule has 0 aromatic heterocycles. The van der Waals surface area contributed by atoms with E-state index in [-0.39, 0.29) is 0 Å². The second-order valence-corrected chi connectivity index (χ2v) is 5.47. The minimum atomic E-state index is 0.834. The molecule has 17 heavy (non-hydrogen) atoms. The summed E-state index contributed by atoms with van der Waals surface area (Å²) in [6, 6.07) is 4.07. The Morgan fingerprint density at radius 2 is 1.88 bits per heavy atom. The Balaban J connectivity index is 2.54.